The number of hydrogen-bond acceptors (Lipinski definition) is 3. The Balaban J connectivity index is 1.86. The zero-order valence-electron chi connectivity index (χ0n) is 15.0. The molecule has 0 bridgehead atoms. The Morgan fingerprint density at radius 2 is 1.91 bits per heavy atom. The second-order valence-corrected chi connectivity index (χ2v) is 7.57. The Morgan fingerprint density at radius 3 is 2.52 bits per heavy atom. The third-order valence-corrected chi connectivity index (χ3v) is 4.54. The van der Waals surface area contributed by atoms with Gasteiger partial charge in [-0.05, 0) is 59.1 Å². The molecule has 0 saturated carbocycles. The predicted octanol–water partition coefficient (Wildman–Crippen LogP) is 3.98. The second-order valence-electron chi connectivity index (χ2n) is 7.57. The molecular weight excluding hydrogens is 288 g/mol. The molecular formula is C19H30N2O2. The van der Waals surface area contributed by atoms with E-state index in [4.69, 9.17) is 4.74 Å². The van der Waals surface area contributed by atoms with E-state index in [9.17, 15) is 4.79 Å². The van der Waals surface area contributed by atoms with Crippen molar-refractivity contribution >= 4 is 6.09 Å². The molecule has 1 fully saturated rings. The summed E-state index contributed by atoms with van der Waals surface area (Å²) < 4.78 is 5.35. The predicted molar refractivity (Wildman–Crippen MR) is 93.4 cm³/mol. The molecule has 1 N–H and O–H groups in total. The third kappa shape index (κ3) is 5.24. The summed E-state index contributed by atoms with van der Waals surface area (Å²) in [5.41, 5.74) is 0.897. The number of benzene rings is 1. The van der Waals surface area contributed by atoms with Crippen LogP contribution in [0.25, 0.3) is 0 Å². The van der Waals surface area contributed by atoms with E-state index >= 15 is 0 Å². The molecule has 0 spiro atoms. The average Bonchev–Trinajstić information content (AvgIpc) is 2.95. The van der Waals surface area contributed by atoms with Gasteiger partial charge in [-0.25, -0.2) is 4.79 Å². The molecule has 0 radical (unpaired) electrons. The minimum absolute atomic E-state index is 0.123. The normalized spacial score (nSPS) is 21.7. The van der Waals surface area contributed by atoms with Crippen molar-refractivity contribution in [1.29, 1.82) is 0 Å². The average molecular weight is 318 g/mol. The second kappa shape index (κ2) is 7.35. The summed E-state index contributed by atoms with van der Waals surface area (Å²) in [5.74, 6) is 0.466. The molecule has 1 saturated heterocycles. The maximum absolute atomic E-state index is 11.9. The molecule has 23 heavy (non-hydrogen) atoms. The molecule has 0 aromatic heterocycles. The fraction of sp³-hybridized carbons (Fsp3) is 0.632. The maximum Gasteiger partial charge on any atom is 0.407 e. The van der Waals surface area contributed by atoms with E-state index in [0.717, 1.165) is 19.5 Å². The van der Waals surface area contributed by atoms with Gasteiger partial charge in [0.05, 0.1) is 0 Å². The van der Waals surface area contributed by atoms with Crippen LogP contribution in [-0.2, 0) is 4.74 Å². The zero-order valence-corrected chi connectivity index (χ0v) is 15.0. The largest absolute Gasteiger partial charge is 0.444 e. The number of nitrogens with one attached hydrogen (secondary N) is 1. The highest BCUT2D eigenvalue weighted by molar-refractivity contribution is 5.68. The van der Waals surface area contributed by atoms with E-state index in [2.05, 4.69) is 54.4 Å². The quantitative estimate of drug-likeness (QED) is 0.913. The number of ether oxygens (including phenoxy) is 1. The Labute approximate surface area is 140 Å². The number of nitrogens with zero attached hydrogens (tertiary/aromatic N) is 1. The Bertz CT molecular complexity index is 510. The minimum Gasteiger partial charge on any atom is -0.444 e. The monoisotopic (exact) mass is 318 g/mol. The highest BCUT2D eigenvalue weighted by Crippen LogP contribution is 2.28. The molecule has 0 aliphatic carbocycles. The molecule has 1 aliphatic heterocycles. The summed E-state index contributed by atoms with van der Waals surface area (Å²) >= 11 is 0. The van der Waals surface area contributed by atoms with Gasteiger partial charge in [-0.1, -0.05) is 30.3 Å². The summed E-state index contributed by atoms with van der Waals surface area (Å²) in [6.07, 6.45) is 0.785. The van der Waals surface area contributed by atoms with E-state index < -0.39 is 5.60 Å². The van der Waals surface area contributed by atoms with Crippen LogP contribution in [0.4, 0.5) is 4.79 Å². The van der Waals surface area contributed by atoms with Gasteiger partial charge in [0.25, 0.3) is 0 Å². The third-order valence-electron chi connectivity index (χ3n) is 4.54. The zero-order chi connectivity index (χ0) is 17.0. The molecule has 4 heteroatoms. The Hall–Kier alpha value is -1.55. The van der Waals surface area contributed by atoms with Crippen LogP contribution in [0.5, 0.6) is 0 Å². The van der Waals surface area contributed by atoms with Crippen molar-refractivity contribution in [1.82, 2.24) is 10.2 Å². The number of hydrogen-bond donors (Lipinski definition) is 1. The van der Waals surface area contributed by atoms with Crippen molar-refractivity contribution in [3.63, 3.8) is 0 Å². The van der Waals surface area contributed by atoms with Crippen LogP contribution in [0.2, 0.25) is 0 Å². The van der Waals surface area contributed by atoms with Crippen molar-refractivity contribution < 1.29 is 9.53 Å². The van der Waals surface area contributed by atoms with Gasteiger partial charge >= 0.3 is 6.09 Å². The molecule has 3 atom stereocenters. The van der Waals surface area contributed by atoms with Crippen molar-refractivity contribution in [2.24, 2.45) is 5.92 Å². The summed E-state index contributed by atoms with van der Waals surface area (Å²) in [6, 6.07) is 11.1. The first-order chi connectivity index (χ1) is 10.8. The van der Waals surface area contributed by atoms with Crippen molar-refractivity contribution in [3.05, 3.63) is 35.9 Å². The lowest BCUT2D eigenvalue weighted by Gasteiger charge is -2.27. The molecule has 1 amide bonds. The van der Waals surface area contributed by atoms with Crippen LogP contribution in [0.15, 0.2) is 30.3 Å². The standard InChI is InChI=1S/C19H30N2O2/c1-14(20-18(22)23-19(3,4)5)17-11-12-21(13-17)15(2)16-9-7-6-8-10-16/h6-10,14-15,17H,11-13H2,1-5H3,(H,20,22)/t14?,15-,17?/m0/s1. The number of alkyl carbamates (subject to hydrolysis) is 1. The lowest BCUT2D eigenvalue weighted by molar-refractivity contribution is 0.0492. The highest BCUT2D eigenvalue weighted by Gasteiger charge is 2.31. The van der Waals surface area contributed by atoms with E-state index in [-0.39, 0.29) is 12.1 Å². The van der Waals surface area contributed by atoms with Gasteiger partial charge < -0.3 is 10.1 Å². The van der Waals surface area contributed by atoms with Gasteiger partial charge in [0.2, 0.25) is 0 Å². The first kappa shape index (κ1) is 17.8. The van der Waals surface area contributed by atoms with Crippen LogP contribution in [0.3, 0.4) is 0 Å². The van der Waals surface area contributed by atoms with E-state index in [1.807, 2.05) is 20.8 Å². The fourth-order valence-corrected chi connectivity index (χ4v) is 3.13. The first-order valence-electron chi connectivity index (χ1n) is 8.55. The SMILES string of the molecule is CC(NC(=O)OC(C)(C)C)C1CCN([C@@H](C)c2ccccc2)C1. The van der Waals surface area contributed by atoms with Gasteiger partial charge in [0.15, 0.2) is 0 Å². The lowest BCUT2D eigenvalue weighted by Crippen LogP contribution is -2.42. The molecule has 1 aliphatic rings. The van der Waals surface area contributed by atoms with E-state index in [1.54, 1.807) is 0 Å². The van der Waals surface area contributed by atoms with Crippen LogP contribution < -0.4 is 5.32 Å². The van der Waals surface area contributed by atoms with Gasteiger partial charge in [0.1, 0.15) is 5.60 Å². The molecule has 2 rings (SSSR count). The minimum atomic E-state index is -0.451. The molecule has 1 heterocycles. The molecule has 1 aromatic rings. The molecule has 1 aromatic carbocycles. The van der Waals surface area contributed by atoms with Gasteiger partial charge in [-0.3, -0.25) is 4.90 Å². The van der Waals surface area contributed by atoms with Gasteiger partial charge in [-0.15, -0.1) is 0 Å². The number of amides is 1. The summed E-state index contributed by atoms with van der Waals surface area (Å²) in [7, 11) is 0. The topological polar surface area (TPSA) is 41.6 Å². The van der Waals surface area contributed by atoms with Crippen molar-refractivity contribution in [2.75, 3.05) is 13.1 Å². The first-order valence-corrected chi connectivity index (χ1v) is 8.55. The lowest BCUT2D eigenvalue weighted by atomic mass is 10.0. The van der Waals surface area contributed by atoms with Crippen LogP contribution in [0.1, 0.15) is 52.6 Å². The van der Waals surface area contributed by atoms with Gasteiger partial charge in [0, 0.05) is 18.6 Å². The van der Waals surface area contributed by atoms with Crippen molar-refractivity contribution in [3.8, 4) is 0 Å². The smallest absolute Gasteiger partial charge is 0.407 e. The Kier molecular flexibility index (Phi) is 5.69. The van der Waals surface area contributed by atoms with Crippen LogP contribution in [-0.4, -0.2) is 35.7 Å². The summed E-state index contributed by atoms with van der Waals surface area (Å²) in [4.78, 5) is 14.4. The number of carbonyl (C=O) groups is 1. The van der Waals surface area contributed by atoms with Crippen molar-refractivity contribution in [2.45, 2.75) is 58.7 Å². The van der Waals surface area contributed by atoms with Crippen LogP contribution >= 0.6 is 0 Å². The summed E-state index contributed by atoms with van der Waals surface area (Å²) in [5, 5.41) is 2.99. The van der Waals surface area contributed by atoms with Crippen LogP contribution in [0, 0.1) is 5.92 Å². The summed E-state index contributed by atoms with van der Waals surface area (Å²) in [6.45, 7) is 12.1. The highest BCUT2D eigenvalue weighted by atomic mass is 16.6. The number of rotatable bonds is 4. The van der Waals surface area contributed by atoms with Gasteiger partial charge in [-0.2, -0.15) is 0 Å². The molecule has 4 nitrogen and oxygen atoms in total. The molecule has 2 unspecified atom stereocenters. The maximum atomic E-state index is 11.9. The Morgan fingerprint density at radius 1 is 1.26 bits per heavy atom. The van der Waals surface area contributed by atoms with E-state index in [0.29, 0.717) is 12.0 Å². The number of carbonyl (C=O) groups excluding carboxylic acids is 1. The fourth-order valence-electron chi connectivity index (χ4n) is 3.13. The van der Waals surface area contributed by atoms with E-state index in [1.165, 1.54) is 5.56 Å². The molecule has 128 valence electrons. The number of likely N-dealkylation sites (tertiary alicyclic amines) is 1.